The highest BCUT2D eigenvalue weighted by Crippen LogP contribution is 2.65. The Morgan fingerprint density at radius 3 is 2.10 bits per heavy atom. The SMILES string of the molecule is CCOc1ccc(N(CN2C(=O)[C@H]3[C@@H]4C=C[C@H]([C@H]5C[C@H]45)[C@@H]3C2=O)C(=O)C(F)(F)F)cc1. The molecule has 0 aromatic heterocycles. The fourth-order valence-corrected chi connectivity index (χ4v) is 5.60. The first-order chi connectivity index (χ1) is 14.7. The molecule has 3 fully saturated rings. The van der Waals surface area contributed by atoms with Crippen LogP contribution < -0.4 is 9.64 Å². The minimum absolute atomic E-state index is 0.0429. The molecule has 9 heteroatoms. The van der Waals surface area contributed by atoms with Crippen LogP contribution in [-0.2, 0) is 14.4 Å². The molecule has 1 saturated heterocycles. The predicted molar refractivity (Wildman–Crippen MR) is 103 cm³/mol. The number of alkyl halides is 3. The van der Waals surface area contributed by atoms with Crippen LogP contribution in [0.5, 0.6) is 5.75 Å². The molecule has 1 heterocycles. The van der Waals surface area contributed by atoms with Gasteiger partial charge in [-0.15, -0.1) is 0 Å². The van der Waals surface area contributed by atoms with Crippen LogP contribution >= 0.6 is 0 Å². The summed E-state index contributed by atoms with van der Waals surface area (Å²) in [6.07, 6.45) is -0.195. The van der Waals surface area contributed by atoms with E-state index in [0.717, 1.165) is 11.3 Å². The molecule has 1 aromatic rings. The molecule has 0 radical (unpaired) electrons. The van der Waals surface area contributed by atoms with Crippen LogP contribution in [0.4, 0.5) is 18.9 Å². The van der Waals surface area contributed by atoms with Crippen molar-refractivity contribution in [2.45, 2.75) is 19.5 Å². The second-order valence-corrected chi connectivity index (χ2v) is 8.56. The first kappa shape index (κ1) is 20.1. The van der Waals surface area contributed by atoms with Crippen LogP contribution in [0.15, 0.2) is 36.4 Å². The quantitative estimate of drug-likeness (QED) is 0.528. The molecule has 31 heavy (non-hydrogen) atoms. The van der Waals surface area contributed by atoms with Crippen molar-refractivity contribution in [3.05, 3.63) is 36.4 Å². The van der Waals surface area contributed by atoms with E-state index in [-0.39, 0.29) is 17.5 Å². The smallest absolute Gasteiger partial charge is 0.471 e. The highest BCUT2D eigenvalue weighted by molar-refractivity contribution is 6.07. The average molecular weight is 434 g/mol. The Hall–Kier alpha value is -2.84. The number of halogens is 3. The third-order valence-electron chi connectivity index (χ3n) is 6.98. The lowest BCUT2D eigenvalue weighted by molar-refractivity contribution is -0.171. The summed E-state index contributed by atoms with van der Waals surface area (Å²) in [6, 6.07) is 5.52. The minimum atomic E-state index is -5.15. The van der Waals surface area contributed by atoms with Gasteiger partial charge in [0.2, 0.25) is 11.8 Å². The van der Waals surface area contributed by atoms with Crippen molar-refractivity contribution < 1.29 is 32.3 Å². The van der Waals surface area contributed by atoms with E-state index in [2.05, 4.69) is 0 Å². The predicted octanol–water partition coefficient (Wildman–Crippen LogP) is 2.99. The molecule has 1 aromatic carbocycles. The maximum atomic E-state index is 13.3. The molecule has 0 N–H and O–H groups in total. The molecule has 1 aliphatic heterocycles. The second-order valence-electron chi connectivity index (χ2n) is 8.56. The van der Waals surface area contributed by atoms with Gasteiger partial charge in [0.1, 0.15) is 12.4 Å². The number of rotatable bonds is 5. The number of imide groups is 1. The summed E-state index contributed by atoms with van der Waals surface area (Å²) in [6.45, 7) is 1.39. The molecular formula is C22H21F3N2O4. The van der Waals surface area contributed by atoms with Gasteiger partial charge in [-0.3, -0.25) is 24.2 Å². The monoisotopic (exact) mass is 434 g/mol. The van der Waals surface area contributed by atoms with Gasteiger partial charge in [0, 0.05) is 5.69 Å². The van der Waals surface area contributed by atoms with Crippen LogP contribution in [0.3, 0.4) is 0 Å². The van der Waals surface area contributed by atoms with E-state index in [4.69, 9.17) is 4.74 Å². The number of benzene rings is 1. The number of hydrogen-bond donors (Lipinski definition) is 0. The highest BCUT2D eigenvalue weighted by Gasteiger charge is 2.67. The molecule has 4 aliphatic carbocycles. The first-order valence-electron chi connectivity index (χ1n) is 10.4. The summed E-state index contributed by atoms with van der Waals surface area (Å²) in [4.78, 5) is 39.7. The number of carbonyl (C=O) groups is 3. The van der Waals surface area contributed by atoms with Crippen molar-refractivity contribution in [1.29, 1.82) is 0 Å². The summed E-state index contributed by atoms with van der Waals surface area (Å²) >= 11 is 0. The van der Waals surface area contributed by atoms with Crippen molar-refractivity contribution in [2.75, 3.05) is 18.2 Å². The topological polar surface area (TPSA) is 66.9 Å². The van der Waals surface area contributed by atoms with Crippen molar-refractivity contribution in [2.24, 2.45) is 35.5 Å². The second kappa shape index (κ2) is 6.83. The fraction of sp³-hybridized carbons (Fsp3) is 0.500. The van der Waals surface area contributed by atoms with E-state index >= 15 is 0 Å². The van der Waals surface area contributed by atoms with E-state index in [1.165, 1.54) is 24.3 Å². The molecule has 2 bridgehead atoms. The van der Waals surface area contributed by atoms with Crippen LogP contribution in [0.25, 0.3) is 0 Å². The first-order valence-corrected chi connectivity index (χ1v) is 10.4. The molecule has 6 nitrogen and oxygen atoms in total. The Balaban J connectivity index is 1.44. The normalized spacial score (nSPS) is 32.7. The molecule has 0 unspecified atom stereocenters. The molecule has 5 aliphatic rings. The van der Waals surface area contributed by atoms with Crippen LogP contribution in [0, 0.1) is 35.5 Å². The fourth-order valence-electron chi connectivity index (χ4n) is 5.60. The third-order valence-corrected chi connectivity index (χ3v) is 6.98. The van der Waals surface area contributed by atoms with Crippen molar-refractivity contribution in [3.8, 4) is 5.75 Å². The zero-order chi connectivity index (χ0) is 22.1. The van der Waals surface area contributed by atoms with Crippen molar-refractivity contribution in [3.63, 3.8) is 0 Å². The van der Waals surface area contributed by atoms with Crippen molar-refractivity contribution >= 4 is 23.4 Å². The Morgan fingerprint density at radius 1 is 1.06 bits per heavy atom. The maximum Gasteiger partial charge on any atom is 0.471 e. The average Bonchev–Trinajstić information content (AvgIpc) is 3.52. The number of anilines is 1. The van der Waals surface area contributed by atoms with E-state index in [1.54, 1.807) is 6.92 Å². The van der Waals surface area contributed by atoms with Gasteiger partial charge in [0.15, 0.2) is 0 Å². The molecule has 164 valence electrons. The summed E-state index contributed by atoms with van der Waals surface area (Å²) < 4.78 is 45.3. The number of carbonyl (C=O) groups excluding carboxylic acids is 3. The number of likely N-dealkylation sites (tertiary alicyclic amines) is 1. The van der Waals surface area contributed by atoms with Gasteiger partial charge in [0.25, 0.3) is 0 Å². The lowest BCUT2D eigenvalue weighted by Crippen LogP contribution is -2.49. The Labute approximate surface area is 176 Å². The van der Waals surface area contributed by atoms with E-state index in [1.807, 2.05) is 12.2 Å². The Bertz CT molecular complexity index is 938. The van der Waals surface area contributed by atoms with Crippen LogP contribution in [-0.4, -0.2) is 42.1 Å². The van der Waals surface area contributed by atoms with Crippen LogP contribution in [0.2, 0.25) is 0 Å². The largest absolute Gasteiger partial charge is 0.494 e. The van der Waals surface area contributed by atoms with Gasteiger partial charge in [0.05, 0.1) is 18.4 Å². The summed E-state index contributed by atoms with van der Waals surface area (Å²) in [7, 11) is 0. The van der Waals surface area contributed by atoms with Gasteiger partial charge >= 0.3 is 12.1 Å². The lowest BCUT2D eigenvalue weighted by atomic mass is 9.63. The van der Waals surface area contributed by atoms with Gasteiger partial charge in [-0.1, -0.05) is 12.2 Å². The summed E-state index contributed by atoms with van der Waals surface area (Å²) in [5, 5.41) is 0. The standard InChI is InChI=1S/C22H21F3N2O4/c1-2-31-12-5-3-11(4-6-12)26(21(30)22(23,24)25)10-27-19(28)17-13-7-8-14(16-9-15(13)16)18(17)20(27)29/h3-8,13-18H,2,9-10H2,1H3/t13-,14-,15-,16-,17+,18+/m1/s1. The lowest BCUT2D eigenvalue weighted by Gasteiger charge is -2.37. The molecule has 6 rings (SSSR count). The molecule has 6 atom stereocenters. The Morgan fingerprint density at radius 2 is 1.61 bits per heavy atom. The number of hydrogen-bond acceptors (Lipinski definition) is 4. The third kappa shape index (κ3) is 3.04. The Kier molecular flexibility index (Phi) is 4.43. The zero-order valence-corrected chi connectivity index (χ0v) is 16.7. The minimum Gasteiger partial charge on any atom is -0.494 e. The van der Waals surface area contributed by atoms with E-state index in [0.29, 0.717) is 29.1 Å². The number of allylic oxidation sites excluding steroid dienone is 2. The molecular weight excluding hydrogens is 413 g/mol. The van der Waals surface area contributed by atoms with Crippen molar-refractivity contribution in [1.82, 2.24) is 4.90 Å². The molecule has 0 spiro atoms. The van der Waals surface area contributed by atoms with E-state index < -0.39 is 42.4 Å². The number of nitrogens with zero attached hydrogens (tertiary/aromatic N) is 2. The van der Waals surface area contributed by atoms with Crippen LogP contribution in [0.1, 0.15) is 13.3 Å². The zero-order valence-electron chi connectivity index (χ0n) is 16.7. The maximum absolute atomic E-state index is 13.3. The van der Waals surface area contributed by atoms with Gasteiger partial charge in [-0.25, -0.2) is 0 Å². The molecule has 3 amide bonds. The number of ether oxygens (including phenoxy) is 1. The summed E-state index contributed by atoms with van der Waals surface area (Å²) in [5.41, 5.74) is -0.0646. The van der Waals surface area contributed by atoms with Gasteiger partial charge in [-0.05, 0) is 61.3 Å². The highest BCUT2D eigenvalue weighted by atomic mass is 19.4. The molecule has 2 saturated carbocycles. The number of amides is 3. The van der Waals surface area contributed by atoms with E-state index in [9.17, 15) is 27.6 Å². The van der Waals surface area contributed by atoms with Gasteiger partial charge < -0.3 is 4.74 Å². The van der Waals surface area contributed by atoms with Gasteiger partial charge in [-0.2, -0.15) is 13.2 Å². The summed E-state index contributed by atoms with van der Waals surface area (Å²) in [5.74, 6) is -3.04.